The first-order valence-electron chi connectivity index (χ1n) is 6.43. The number of aryl methyl sites for hydroxylation is 2. The van der Waals surface area contributed by atoms with Crippen molar-refractivity contribution in [2.75, 3.05) is 5.32 Å². The fraction of sp³-hybridized carbons (Fsp3) is 0.357. The van der Waals surface area contributed by atoms with Gasteiger partial charge in [-0.15, -0.1) is 0 Å². The molecule has 0 spiro atoms. The molecule has 1 heterocycles. The number of rotatable bonds is 4. The Bertz CT molecular complexity index is 635. The number of halogens is 4. The van der Waals surface area contributed by atoms with Gasteiger partial charge in [-0.2, -0.15) is 18.3 Å². The molecule has 0 aliphatic heterocycles. The number of hydrogen-bond donors (Lipinski definition) is 1. The normalized spacial score (nSPS) is 11.7. The van der Waals surface area contributed by atoms with Crippen LogP contribution < -0.4 is 5.32 Å². The van der Waals surface area contributed by atoms with Gasteiger partial charge in [0.1, 0.15) is 0 Å². The quantitative estimate of drug-likeness (QED) is 0.875. The van der Waals surface area contributed by atoms with E-state index in [1.54, 1.807) is 10.7 Å². The van der Waals surface area contributed by atoms with Gasteiger partial charge in [0, 0.05) is 35.5 Å². The van der Waals surface area contributed by atoms with Gasteiger partial charge >= 0.3 is 6.18 Å². The van der Waals surface area contributed by atoms with Crippen LogP contribution in [0.5, 0.6) is 0 Å². The molecule has 2 aromatic rings. The van der Waals surface area contributed by atoms with Gasteiger partial charge in [0.25, 0.3) is 0 Å². The molecule has 0 saturated heterocycles. The first-order valence-corrected chi connectivity index (χ1v) is 7.22. The van der Waals surface area contributed by atoms with Gasteiger partial charge in [0.15, 0.2) is 0 Å². The van der Waals surface area contributed by atoms with Crippen molar-refractivity contribution in [3.05, 3.63) is 45.7 Å². The second-order valence-corrected chi connectivity index (χ2v) is 5.53. The van der Waals surface area contributed by atoms with Gasteiger partial charge in [0.05, 0.1) is 11.3 Å². The Labute approximate surface area is 129 Å². The Hall–Kier alpha value is -1.50. The number of benzene rings is 1. The number of nitrogens with zero attached hydrogens (tertiary/aromatic N) is 2. The summed E-state index contributed by atoms with van der Waals surface area (Å²) in [5.74, 6) is 0. The van der Waals surface area contributed by atoms with Crippen LogP contribution in [0.1, 0.15) is 23.7 Å². The number of aromatic nitrogens is 2. The summed E-state index contributed by atoms with van der Waals surface area (Å²) in [5, 5.41) is 7.32. The molecular weight excluding hydrogens is 347 g/mol. The summed E-state index contributed by atoms with van der Waals surface area (Å²) in [6.45, 7) is 2.43. The van der Waals surface area contributed by atoms with Crippen LogP contribution in [-0.2, 0) is 26.2 Å². The molecule has 0 saturated carbocycles. The Morgan fingerprint density at radius 1 is 1.33 bits per heavy atom. The highest BCUT2D eigenvalue weighted by atomic mass is 79.9. The van der Waals surface area contributed by atoms with Gasteiger partial charge in [-0.3, -0.25) is 4.68 Å². The molecule has 0 atom stereocenters. The van der Waals surface area contributed by atoms with E-state index in [2.05, 4.69) is 26.3 Å². The molecule has 1 aromatic carbocycles. The molecule has 0 unspecified atom stereocenters. The molecule has 0 amide bonds. The van der Waals surface area contributed by atoms with E-state index >= 15 is 0 Å². The van der Waals surface area contributed by atoms with Crippen molar-refractivity contribution in [3.8, 4) is 0 Å². The molecular formula is C14H15BrF3N3. The van der Waals surface area contributed by atoms with Gasteiger partial charge in [0.2, 0.25) is 0 Å². The number of nitrogens with one attached hydrogen (secondary N) is 1. The lowest BCUT2D eigenvalue weighted by Crippen LogP contribution is -2.08. The lowest BCUT2D eigenvalue weighted by molar-refractivity contribution is -0.138. The zero-order valence-corrected chi connectivity index (χ0v) is 13.2. The van der Waals surface area contributed by atoms with Crippen molar-refractivity contribution in [1.29, 1.82) is 0 Å². The minimum absolute atomic E-state index is 0.0381. The SMILES string of the molecule is CCc1nn(C)cc1CNc1ccc(Br)c(C(F)(F)F)c1. The minimum atomic E-state index is -4.38. The third-order valence-corrected chi connectivity index (χ3v) is 3.77. The van der Waals surface area contributed by atoms with Gasteiger partial charge < -0.3 is 5.32 Å². The van der Waals surface area contributed by atoms with E-state index in [0.29, 0.717) is 12.2 Å². The van der Waals surface area contributed by atoms with E-state index in [1.807, 2.05) is 20.2 Å². The minimum Gasteiger partial charge on any atom is -0.381 e. The van der Waals surface area contributed by atoms with Crippen LogP contribution in [0.15, 0.2) is 28.9 Å². The molecule has 0 aliphatic rings. The highest BCUT2D eigenvalue weighted by Crippen LogP contribution is 2.36. The van der Waals surface area contributed by atoms with Crippen LogP contribution in [-0.4, -0.2) is 9.78 Å². The summed E-state index contributed by atoms with van der Waals surface area (Å²) in [4.78, 5) is 0. The third kappa shape index (κ3) is 3.78. The zero-order valence-electron chi connectivity index (χ0n) is 11.6. The summed E-state index contributed by atoms with van der Waals surface area (Å²) >= 11 is 2.93. The van der Waals surface area contributed by atoms with Crippen LogP contribution in [0.2, 0.25) is 0 Å². The predicted molar refractivity (Wildman–Crippen MR) is 79.1 cm³/mol. The summed E-state index contributed by atoms with van der Waals surface area (Å²) in [5.41, 5.74) is 1.67. The monoisotopic (exact) mass is 361 g/mol. The second-order valence-electron chi connectivity index (χ2n) is 4.67. The maximum absolute atomic E-state index is 12.8. The molecule has 2 rings (SSSR count). The molecule has 1 aromatic heterocycles. The van der Waals surface area contributed by atoms with Crippen LogP contribution in [0.3, 0.4) is 0 Å². The summed E-state index contributed by atoms with van der Waals surface area (Å²) in [7, 11) is 1.82. The molecule has 0 bridgehead atoms. The summed E-state index contributed by atoms with van der Waals surface area (Å²) in [6, 6.07) is 4.11. The highest BCUT2D eigenvalue weighted by molar-refractivity contribution is 9.10. The first-order chi connectivity index (χ1) is 9.81. The number of hydrogen-bond acceptors (Lipinski definition) is 2. The fourth-order valence-electron chi connectivity index (χ4n) is 2.08. The molecule has 7 heteroatoms. The molecule has 3 nitrogen and oxygen atoms in total. The van der Waals surface area contributed by atoms with Gasteiger partial charge in [-0.05, 0) is 24.6 Å². The fourth-order valence-corrected chi connectivity index (χ4v) is 2.55. The van der Waals surface area contributed by atoms with Crippen molar-refractivity contribution in [2.24, 2.45) is 7.05 Å². The standard InChI is InChI=1S/C14H15BrF3N3/c1-3-13-9(8-21(2)20-13)7-19-10-4-5-12(15)11(6-10)14(16,17)18/h4-6,8,19H,3,7H2,1-2H3. The van der Waals surface area contributed by atoms with E-state index in [1.165, 1.54) is 6.07 Å². The van der Waals surface area contributed by atoms with Crippen molar-refractivity contribution in [3.63, 3.8) is 0 Å². The van der Waals surface area contributed by atoms with E-state index in [9.17, 15) is 13.2 Å². The highest BCUT2D eigenvalue weighted by Gasteiger charge is 2.33. The van der Waals surface area contributed by atoms with Crippen molar-refractivity contribution < 1.29 is 13.2 Å². The summed E-state index contributed by atoms with van der Waals surface area (Å²) < 4.78 is 40.3. The Morgan fingerprint density at radius 2 is 2.05 bits per heavy atom. The Morgan fingerprint density at radius 3 is 2.67 bits per heavy atom. The topological polar surface area (TPSA) is 29.9 Å². The molecule has 0 aliphatic carbocycles. The predicted octanol–water partition coefficient (Wildman–Crippen LogP) is 4.38. The lowest BCUT2D eigenvalue weighted by Gasteiger charge is -2.12. The van der Waals surface area contributed by atoms with Gasteiger partial charge in [-0.1, -0.05) is 22.9 Å². The van der Waals surface area contributed by atoms with E-state index in [-0.39, 0.29) is 4.47 Å². The lowest BCUT2D eigenvalue weighted by atomic mass is 10.1. The second kappa shape index (κ2) is 6.09. The van der Waals surface area contributed by atoms with Crippen LogP contribution in [0, 0.1) is 0 Å². The maximum atomic E-state index is 12.8. The molecule has 114 valence electrons. The van der Waals surface area contributed by atoms with Crippen LogP contribution in [0.4, 0.5) is 18.9 Å². The third-order valence-electron chi connectivity index (χ3n) is 3.08. The van der Waals surface area contributed by atoms with E-state index in [4.69, 9.17) is 0 Å². The maximum Gasteiger partial charge on any atom is 0.417 e. The number of anilines is 1. The largest absolute Gasteiger partial charge is 0.417 e. The van der Waals surface area contributed by atoms with E-state index in [0.717, 1.165) is 23.7 Å². The smallest absolute Gasteiger partial charge is 0.381 e. The molecule has 0 fully saturated rings. The molecule has 0 radical (unpaired) electrons. The average Bonchev–Trinajstić information content (AvgIpc) is 2.77. The van der Waals surface area contributed by atoms with Crippen molar-refractivity contribution in [2.45, 2.75) is 26.1 Å². The van der Waals surface area contributed by atoms with Crippen LogP contribution >= 0.6 is 15.9 Å². The number of alkyl halides is 3. The van der Waals surface area contributed by atoms with Gasteiger partial charge in [-0.25, -0.2) is 0 Å². The van der Waals surface area contributed by atoms with Crippen LogP contribution in [0.25, 0.3) is 0 Å². The summed E-state index contributed by atoms with van der Waals surface area (Å²) in [6.07, 6.45) is -1.72. The van der Waals surface area contributed by atoms with E-state index < -0.39 is 11.7 Å². The molecule has 1 N–H and O–H groups in total. The average molecular weight is 362 g/mol. The molecule has 21 heavy (non-hydrogen) atoms. The van der Waals surface area contributed by atoms with Crippen molar-refractivity contribution >= 4 is 21.6 Å². The Balaban J connectivity index is 2.17. The van der Waals surface area contributed by atoms with Crippen molar-refractivity contribution in [1.82, 2.24) is 9.78 Å². The Kier molecular flexibility index (Phi) is 4.61. The first kappa shape index (κ1) is 15.9. The zero-order chi connectivity index (χ0) is 15.6.